The zero-order valence-electron chi connectivity index (χ0n) is 13.7. The average molecular weight is 307 g/mol. The van der Waals surface area contributed by atoms with Crippen LogP contribution in [0.4, 0.5) is 4.79 Å². The van der Waals surface area contributed by atoms with Gasteiger partial charge in [-0.25, -0.2) is 9.59 Å². The van der Waals surface area contributed by atoms with Crippen LogP contribution in [0.2, 0.25) is 0 Å². The van der Waals surface area contributed by atoms with Crippen molar-refractivity contribution in [1.82, 2.24) is 5.32 Å². The first-order chi connectivity index (χ1) is 10.4. The second-order valence-electron chi connectivity index (χ2n) is 6.00. The summed E-state index contributed by atoms with van der Waals surface area (Å²) in [6, 6.07) is 8.67. The summed E-state index contributed by atoms with van der Waals surface area (Å²) in [5, 5.41) is 2.59. The van der Waals surface area contributed by atoms with Crippen molar-refractivity contribution < 1.29 is 19.1 Å². The fourth-order valence-corrected chi connectivity index (χ4v) is 1.94. The van der Waals surface area contributed by atoms with E-state index in [0.29, 0.717) is 6.42 Å². The van der Waals surface area contributed by atoms with E-state index in [9.17, 15) is 9.59 Å². The number of benzene rings is 1. The van der Waals surface area contributed by atoms with Crippen molar-refractivity contribution in [3.8, 4) is 0 Å². The summed E-state index contributed by atoms with van der Waals surface area (Å²) in [4.78, 5) is 23.7. The number of nitrogens with one attached hydrogen (secondary N) is 1. The molecule has 0 aliphatic heterocycles. The van der Waals surface area contributed by atoms with Gasteiger partial charge in [0.15, 0.2) is 0 Å². The highest BCUT2D eigenvalue weighted by molar-refractivity contribution is 5.81. The van der Waals surface area contributed by atoms with Gasteiger partial charge in [-0.05, 0) is 17.4 Å². The van der Waals surface area contributed by atoms with Gasteiger partial charge in [-0.2, -0.15) is 0 Å². The molecule has 0 saturated carbocycles. The molecule has 0 bridgehead atoms. The number of ether oxygens (including phenoxy) is 2. The maximum Gasteiger partial charge on any atom is 0.408 e. The summed E-state index contributed by atoms with van der Waals surface area (Å²) in [7, 11) is 1.31. The number of alkyl carbamates (subject to hydrolysis) is 1. The van der Waals surface area contributed by atoms with Crippen LogP contribution in [0.25, 0.3) is 0 Å². The van der Waals surface area contributed by atoms with Crippen LogP contribution in [-0.2, 0) is 20.9 Å². The molecule has 1 N–H and O–H groups in total. The van der Waals surface area contributed by atoms with Crippen molar-refractivity contribution in [2.75, 3.05) is 7.11 Å². The lowest BCUT2D eigenvalue weighted by atomic mass is 9.83. The summed E-state index contributed by atoms with van der Waals surface area (Å²) >= 11 is 0. The number of carbonyl (C=O) groups excluding carboxylic acids is 2. The van der Waals surface area contributed by atoms with Gasteiger partial charge in [-0.1, -0.05) is 57.5 Å². The molecular weight excluding hydrogens is 282 g/mol. The zero-order chi connectivity index (χ0) is 16.6. The molecular formula is C17H25NO4. The van der Waals surface area contributed by atoms with Gasteiger partial charge in [0.25, 0.3) is 0 Å². The third-order valence-electron chi connectivity index (χ3n) is 3.70. The Morgan fingerprint density at radius 1 is 1.23 bits per heavy atom. The summed E-state index contributed by atoms with van der Waals surface area (Å²) in [6.45, 7) is 6.29. The second kappa shape index (κ2) is 8.41. The molecule has 1 rings (SSSR count). The molecule has 0 aliphatic rings. The molecule has 0 aliphatic carbocycles. The van der Waals surface area contributed by atoms with Crippen LogP contribution in [0.1, 0.15) is 39.2 Å². The number of carbonyl (C=O) groups is 2. The zero-order valence-corrected chi connectivity index (χ0v) is 13.7. The summed E-state index contributed by atoms with van der Waals surface area (Å²) in [5.74, 6) is -0.460. The molecule has 1 atom stereocenters. The molecule has 0 fully saturated rings. The first kappa shape index (κ1) is 18.0. The first-order valence-electron chi connectivity index (χ1n) is 7.43. The van der Waals surface area contributed by atoms with E-state index in [2.05, 4.69) is 5.32 Å². The molecule has 1 amide bonds. The second-order valence-corrected chi connectivity index (χ2v) is 6.00. The van der Waals surface area contributed by atoms with Crippen LogP contribution in [0.5, 0.6) is 0 Å². The minimum atomic E-state index is -0.705. The lowest BCUT2D eigenvalue weighted by molar-refractivity contribution is -0.143. The molecule has 1 aromatic rings. The predicted octanol–water partition coefficient (Wildman–Crippen LogP) is 3.28. The van der Waals surface area contributed by atoms with Gasteiger partial charge in [0.1, 0.15) is 12.6 Å². The Bertz CT molecular complexity index is 485. The fraction of sp³-hybridized carbons (Fsp3) is 0.529. The van der Waals surface area contributed by atoms with Crippen LogP contribution in [0.3, 0.4) is 0 Å². The highest BCUT2D eigenvalue weighted by Crippen LogP contribution is 2.26. The number of methoxy groups -OCH3 is 1. The number of esters is 1. The molecule has 0 saturated heterocycles. The smallest absolute Gasteiger partial charge is 0.408 e. The minimum Gasteiger partial charge on any atom is -0.467 e. The molecule has 0 spiro atoms. The third kappa shape index (κ3) is 6.16. The van der Waals surface area contributed by atoms with Crippen molar-refractivity contribution in [1.29, 1.82) is 0 Å². The van der Waals surface area contributed by atoms with Gasteiger partial charge < -0.3 is 14.8 Å². The summed E-state index contributed by atoms with van der Waals surface area (Å²) in [6.07, 6.45) is 0.767. The first-order valence-corrected chi connectivity index (χ1v) is 7.43. The molecule has 0 heterocycles. The van der Waals surface area contributed by atoms with Gasteiger partial charge in [0.2, 0.25) is 0 Å². The van der Waals surface area contributed by atoms with Gasteiger partial charge in [-0.3, -0.25) is 0 Å². The van der Waals surface area contributed by atoms with E-state index in [1.54, 1.807) is 0 Å². The molecule has 5 heteroatoms. The monoisotopic (exact) mass is 307 g/mol. The molecule has 0 radical (unpaired) electrons. The Hall–Kier alpha value is -2.04. The maximum absolute atomic E-state index is 11.9. The molecule has 1 aromatic carbocycles. The van der Waals surface area contributed by atoms with Crippen molar-refractivity contribution in [3.63, 3.8) is 0 Å². The van der Waals surface area contributed by atoms with E-state index in [1.807, 2.05) is 51.1 Å². The lowest BCUT2D eigenvalue weighted by Crippen LogP contribution is -2.44. The molecule has 0 unspecified atom stereocenters. The standard InChI is InChI=1S/C17H25NO4/c1-5-17(2,3)11-14(15(19)21-4)18-16(20)22-12-13-9-7-6-8-10-13/h6-10,14H,5,11-12H2,1-4H3,(H,18,20)/t14-/m1/s1. The van der Waals surface area contributed by atoms with Crippen LogP contribution in [0.15, 0.2) is 30.3 Å². The van der Waals surface area contributed by atoms with Gasteiger partial charge in [0.05, 0.1) is 7.11 Å². The van der Waals surface area contributed by atoms with Crippen LogP contribution in [-0.4, -0.2) is 25.2 Å². The molecule has 22 heavy (non-hydrogen) atoms. The highest BCUT2D eigenvalue weighted by Gasteiger charge is 2.29. The normalized spacial score (nSPS) is 12.4. The van der Waals surface area contributed by atoms with E-state index in [1.165, 1.54) is 7.11 Å². The third-order valence-corrected chi connectivity index (χ3v) is 3.70. The summed E-state index contributed by atoms with van der Waals surface area (Å²) < 4.78 is 9.90. The number of rotatable bonds is 7. The summed E-state index contributed by atoms with van der Waals surface area (Å²) in [5.41, 5.74) is 0.812. The Labute approximate surface area is 132 Å². The minimum absolute atomic E-state index is 0.0778. The Morgan fingerprint density at radius 2 is 1.86 bits per heavy atom. The van der Waals surface area contributed by atoms with Crippen molar-refractivity contribution in [2.45, 2.75) is 46.3 Å². The van der Waals surface area contributed by atoms with E-state index >= 15 is 0 Å². The number of hydrogen-bond acceptors (Lipinski definition) is 4. The Balaban J connectivity index is 2.57. The molecule has 5 nitrogen and oxygen atoms in total. The van der Waals surface area contributed by atoms with Crippen molar-refractivity contribution in [3.05, 3.63) is 35.9 Å². The van der Waals surface area contributed by atoms with E-state index in [4.69, 9.17) is 9.47 Å². The fourth-order valence-electron chi connectivity index (χ4n) is 1.94. The Morgan fingerprint density at radius 3 is 2.41 bits per heavy atom. The molecule has 122 valence electrons. The number of amides is 1. The van der Waals surface area contributed by atoms with Gasteiger partial charge in [-0.15, -0.1) is 0 Å². The predicted molar refractivity (Wildman–Crippen MR) is 84.3 cm³/mol. The number of hydrogen-bond donors (Lipinski definition) is 1. The SMILES string of the molecule is CCC(C)(C)C[C@@H](NC(=O)OCc1ccccc1)C(=O)OC. The van der Waals surface area contributed by atoms with Gasteiger partial charge in [0, 0.05) is 0 Å². The van der Waals surface area contributed by atoms with Gasteiger partial charge >= 0.3 is 12.1 Å². The van der Waals surface area contributed by atoms with E-state index in [-0.39, 0.29) is 12.0 Å². The van der Waals surface area contributed by atoms with E-state index in [0.717, 1.165) is 12.0 Å². The van der Waals surface area contributed by atoms with Crippen LogP contribution in [0, 0.1) is 5.41 Å². The maximum atomic E-state index is 11.9. The van der Waals surface area contributed by atoms with Crippen molar-refractivity contribution >= 4 is 12.1 Å². The molecule has 0 aromatic heterocycles. The lowest BCUT2D eigenvalue weighted by Gasteiger charge is -2.27. The van der Waals surface area contributed by atoms with Crippen LogP contribution >= 0.6 is 0 Å². The van der Waals surface area contributed by atoms with E-state index < -0.39 is 18.1 Å². The largest absolute Gasteiger partial charge is 0.467 e. The Kier molecular flexibility index (Phi) is 6.89. The highest BCUT2D eigenvalue weighted by atomic mass is 16.6. The average Bonchev–Trinajstić information content (AvgIpc) is 2.52. The topological polar surface area (TPSA) is 64.6 Å². The van der Waals surface area contributed by atoms with Crippen molar-refractivity contribution in [2.24, 2.45) is 5.41 Å². The van der Waals surface area contributed by atoms with Crippen LogP contribution < -0.4 is 5.32 Å². The quantitative estimate of drug-likeness (QED) is 0.785.